The molecule has 0 atom stereocenters. The van der Waals surface area contributed by atoms with Crippen molar-refractivity contribution < 1.29 is 27.8 Å². The molecule has 1 N–H and O–H groups in total. The molecule has 0 aliphatic rings. The van der Waals surface area contributed by atoms with Crippen LogP contribution in [0.15, 0.2) is 42.5 Å². The van der Waals surface area contributed by atoms with E-state index in [1.807, 2.05) is 13.0 Å². The fourth-order valence-corrected chi connectivity index (χ4v) is 1.98. The molecule has 0 unspecified atom stereocenters. The molecule has 0 amide bonds. The van der Waals surface area contributed by atoms with Gasteiger partial charge in [-0.3, -0.25) is 0 Å². The fraction of sp³-hybridized carbons (Fsp3) is 0.188. The first-order valence-electron chi connectivity index (χ1n) is 6.40. The summed E-state index contributed by atoms with van der Waals surface area (Å²) in [6.45, 7) is 1.87. The van der Waals surface area contributed by atoms with E-state index < -0.39 is 23.3 Å². The predicted molar refractivity (Wildman–Crippen MR) is 73.9 cm³/mol. The Labute approximate surface area is 125 Å². The van der Waals surface area contributed by atoms with Crippen LogP contribution >= 0.6 is 0 Å². The van der Waals surface area contributed by atoms with Crippen LogP contribution in [0.4, 0.5) is 13.2 Å². The van der Waals surface area contributed by atoms with E-state index in [0.29, 0.717) is 11.3 Å². The van der Waals surface area contributed by atoms with E-state index >= 15 is 0 Å². The van der Waals surface area contributed by atoms with Crippen molar-refractivity contribution in [1.82, 2.24) is 0 Å². The highest BCUT2D eigenvalue weighted by Crippen LogP contribution is 2.32. The number of aromatic carboxylic acids is 1. The largest absolute Gasteiger partial charge is 0.489 e. The highest BCUT2D eigenvalue weighted by Gasteiger charge is 2.35. The average Bonchev–Trinajstić information content (AvgIpc) is 2.44. The van der Waals surface area contributed by atoms with E-state index in [4.69, 9.17) is 9.84 Å². The zero-order chi connectivity index (χ0) is 16.3. The van der Waals surface area contributed by atoms with Gasteiger partial charge in [-0.25, -0.2) is 4.79 Å². The molecular formula is C16H13F3O3. The van der Waals surface area contributed by atoms with Gasteiger partial charge in [-0.15, -0.1) is 0 Å². The molecule has 0 saturated heterocycles. The van der Waals surface area contributed by atoms with Gasteiger partial charge in [0.15, 0.2) is 0 Å². The molecule has 2 aromatic carbocycles. The molecule has 0 bridgehead atoms. The number of hydrogen-bond acceptors (Lipinski definition) is 2. The molecule has 0 aromatic heterocycles. The highest BCUT2D eigenvalue weighted by molar-refractivity contribution is 5.89. The molecule has 116 valence electrons. The third-order valence-electron chi connectivity index (χ3n) is 3.01. The van der Waals surface area contributed by atoms with Crippen LogP contribution in [-0.4, -0.2) is 11.1 Å². The molecule has 6 heteroatoms. The van der Waals surface area contributed by atoms with Gasteiger partial charge in [0.1, 0.15) is 12.4 Å². The molecule has 0 spiro atoms. The second-order valence-electron chi connectivity index (χ2n) is 4.79. The first-order valence-corrected chi connectivity index (χ1v) is 6.40. The van der Waals surface area contributed by atoms with Crippen molar-refractivity contribution in [3.63, 3.8) is 0 Å². The van der Waals surface area contributed by atoms with Crippen LogP contribution in [0.3, 0.4) is 0 Å². The zero-order valence-corrected chi connectivity index (χ0v) is 11.6. The first-order chi connectivity index (χ1) is 10.3. The summed E-state index contributed by atoms with van der Waals surface area (Å²) < 4.78 is 43.7. The Kier molecular flexibility index (Phi) is 4.40. The van der Waals surface area contributed by atoms with Gasteiger partial charge >= 0.3 is 12.1 Å². The van der Waals surface area contributed by atoms with Crippen molar-refractivity contribution in [1.29, 1.82) is 0 Å². The lowest BCUT2D eigenvalue weighted by Crippen LogP contribution is -2.13. The van der Waals surface area contributed by atoms with Crippen molar-refractivity contribution in [2.24, 2.45) is 0 Å². The molecule has 0 fully saturated rings. The quantitative estimate of drug-likeness (QED) is 0.916. The average molecular weight is 310 g/mol. The third-order valence-corrected chi connectivity index (χ3v) is 3.01. The predicted octanol–water partition coefficient (Wildman–Crippen LogP) is 4.29. The summed E-state index contributed by atoms with van der Waals surface area (Å²) in [5, 5.41) is 8.93. The minimum Gasteiger partial charge on any atom is -0.489 e. The monoisotopic (exact) mass is 310 g/mol. The molecule has 0 radical (unpaired) electrons. The molecule has 0 aliphatic carbocycles. The maximum absolute atomic E-state index is 12.7. The lowest BCUT2D eigenvalue weighted by Gasteiger charge is -2.12. The Morgan fingerprint density at radius 3 is 2.50 bits per heavy atom. The van der Waals surface area contributed by atoms with Gasteiger partial charge in [-0.05, 0) is 42.3 Å². The minimum absolute atomic E-state index is 0.0120. The number of benzene rings is 2. The van der Waals surface area contributed by atoms with Gasteiger partial charge in [0.2, 0.25) is 0 Å². The molecule has 0 heterocycles. The van der Waals surface area contributed by atoms with Crippen molar-refractivity contribution in [2.45, 2.75) is 19.7 Å². The molecule has 0 aliphatic heterocycles. The lowest BCUT2D eigenvalue weighted by molar-refractivity contribution is -0.138. The third kappa shape index (κ3) is 3.78. The van der Waals surface area contributed by atoms with Gasteiger partial charge in [-0.1, -0.05) is 18.2 Å². The second kappa shape index (κ2) is 6.09. The van der Waals surface area contributed by atoms with E-state index in [1.54, 1.807) is 18.2 Å². The number of carboxylic acid groups (broad SMARTS) is 1. The van der Waals surface area contributed by atoms with Crippen LogP contribution in [0, 0.1) is 6.92 Å². The summed E-state index contributed by atoms with van der Waals surface area (Å²) in [5.41, 5.74) is -0.611. The smallest absolute Gasteiger partial charge is 0.417 e. The van der Waals surface area contributed by atoms with Gasteiger partial charge < -0.3 is 9.84 Å². The van der Waals surface area contributed by atoms with E-state index in [9.17, 15) is 18.0 Å². The molecule has 2 rings (SSSR count). The maximum Gasteiger partial charge on any atom is 0.417 e. The first kappa shape index (κ1) is 15.9. The van der Waals surface area contributed by atoms with Crippen LogP contribution in [0.1, 0.15) is 27.0 Å². The SMILES string of the molecule is Cc1cccc(OCc2ccc(C(F)(F)F)c(C(=O)O)c2)c1. The summed E-state index contributed by atoms with van der Waals surface area (Å²) in [7, 11) is 0. The minimum atomic E-state index is -4.70. The lowest BCUT2D eigenvalue weighted by atomic mass is 10.0. The maximum atomic E-state index is 12.7. The number of carboxylic acids is 1. The summed E-state index contributed by atoms with van der Waals surface area (Å²) in [5.74, 6) is -1.05. The Bertz CT molecular complexity index is 693. The molecule has 3 nitrogen and oxygen atoms in total. The second-order valence-corrected chi connectivity index (χ2v) is 4.79. The molecule has 22 heavy (non-hydrogen) atoms. The molecule has 0 saturated carbocycles. The van der Waals surface area contributed by atoms with E-state index in [1.165, 1.54) is 6.07 Å². The van der Waals surface area contributed by atoms with Gasteiger partial charge in [0.05, 0.1) is 11.1 Å². The van der Waals surface area contributed by atoms with Gasteiger partial charge in [0.25, 0.3) is 0 Å². The van der Waals surface area contributed by atoms with Crippen molar-refractivity contribution in [2.75, 3.05) is 0 Å². The molecule has 2 aromatic rings. The summed E-state index contributed by atoms with van der Waals surface area (Å²) in [6, 6.07) is 10.1. The number of rotatable bonds is 4. The number of alkyl halides is 3. The fourth-order valence-electron chi connectivity index (χ4n) is 1.98. The van der Waals surface area contributed by atoms with Crippen LogP contribution in [0.25, 0.3) is 0 Å². The summed E-state index contributed by atoms with van der Waals surface area (Å²) in [6.07, 6.45) is -4.70. The van der Waals surface area contributed by atoms with E-state index in [-0.39, 0.29) is 6.61 Å². The van der Waals surface area contributed by atoms with Crippen LogP contribution < -0.4 is 4.74 Å². The zero-order valence-electron chi connectivity index (χ0n) is 11.6. The van der Waals surface area contributed by atoms with Crippen molar-refractivity contribution >= 4 is 5.97 Å². The van der Waals surface area contributed by atoms with Crippen molar-refractivity contribution in [3.05, 3.63) is 64.7 Å². The highest BCUT2D eigenvalue weighted by atomic mass is 19.4. The van der Waals surface area contributed by atoms with Crippen molar-refractivity contribution in [3.8, 4) is 5.75 Å². The summed E-state index contributed by atoms with van der Waals surface area (Å²) in [4.78, 5) is 11.0. The van der Waals surface area contributed by atoms with Crippen LogP contribution in [0.5, 0.6) is 5.75 Å². The Morgan fingerprint density at radius 2 is 1.91 bits per heavy atom. The number of ether oxygens (including phenoxy) is 1. The van der Waals surface area contributed by atoms with Gasteiger partial charge in [0, 0.05) is 0 Å². The van der Waals surface area contributed by atoms with E-state index in [0.717, 1.165) is 17.7 Å². The number of aryl methyl sites for hydroxylation is 1. The Hall–Kier alpha value is -2.50. The van der Waals surface area contributed by atoms with Crippen LogP contribution in [0.2, 0.25) is 0 Å². The summed E-state index contributed by atoms with van der Waals surface area (Å²) >= 11 is 0. The topological polar surface area (TPSA) is 46.5 Å². The number of carbonyl (C=O) groups is 1. The standard InChI is InChI=1S/C16H13F3O3/c1-10-3-2-4-12(7-10)22-9-11-5-6-14(16(17,18)19)13(8-11)15(20)21/h2-8H,9H2,1H3,(H,20,21). The normalized spacial score (nSPS) is 11.3. The van der Waals surface area contributed by atoms with Gasteiger partial charge in [-0.2, -0.15) is 13.2 Å². The Morgan fingerprint density at radius 1 is 1.18 bits per heavy atom. The van der Waals surface area contributed by atoms with E-state index in [2.05, 4.69) is 0 Å². The Balaban J connectivity index is 2.22. The number of halogens is 3. The molecular weight excluding hydrogens is 297 g/mol. The number of hydrogen-bond donors (Lipinski definition) is 1. The van der Waals surface area contributed by atoms with Crippen LogP contribution in [-0.2, 0) is 12.8 Å².